The second-order valence-corrected chi connectivity index (χ2v) is 3.60. The van der Waals surface area contributed by atoms with Gasteiger partial charge in [-0.2, -0.15) is 0 Å². The van der Waals surface area contributed by atoms with Crippen LogP contribution in [-0.4, -0.2) is 0 Å². The molecule has 0 fully saturated rings. The Morgan fingerprint density at radius 1 is 1.45 bits per heavy atom. The number of hydrogen-bond acceptors (Lipinski definition) is 1. The van der Waals surface area contributed by atoms with Crippen LogP contribution in [0.1, 0.15) is 18.1 Å². The lowest BCUT2D eigenvalue weighted by Crippen LogP contribution is -2.02. The number of rotatable bonds is 2. The highest BCUT2D eigenvalue weighted by atomic mass is 127. The van der Waals surface area contributed by atoms with Gasteiger partial charge < -0.3 is 5.73 Å². The van der Waals surface area contributed by atoms with Gasteiger partial charge in [-0.05, 0) is 46.2 Å². The number of halogens is 1. The molecule has 60 valence electrons. The van der Waals surface area contributed by atoms with Crippen molar-refractivity contribution in [3.63, 3.8) is 0 Å². The van der Waals surface area contributed by atoms with Gasteiger partial charge in [0.05, 0.1) is 0 Å². The van der Waals surface area contributed by atoms with Crippen LogP contribution < -0.4 is 5.73 Å². The molecule has 0 saturated heterocycles. The van der Waals surface area contributed by atoms with E-state index in [9.17, 15) is 0 Å². The Morgan fingerprint density at radius 2 is 2.18 bits per heavy atom. The summed E-state index contributed by atoms with van der Waals surface area (Å²) in [5.74, 6) is 0. The third-order valence-corrected chi connectivity index (χ3v) is 2.80. The summed E-state index contributed by atoms with van der Waals surface area (Å²) >= 11 is 2.35. The summed E-state index contributed by atoms with van der Waals surface area (Å²) in [4.78, 5) is 0. The molecule has 0 amide bonds. The van der Waals surface area contributed by atoms with Crippen molar-refractivity contribution in [1.29, 1.82) is 0 Å². The fourth-order valence-electron chi connectivity index (χ4n) is 1.19. The van der Waals surface area contributed by atoms with Crippen molar-refractivity contribution in [3.05, 3.63) is 32.9 Å². The first-order valence-corrected chi connectivity index (χ1v) is 4.83. The van der Waals surface area contributed by atoms with Gasteiger partial charge in [0.25, 0.3) is 0 Å². The zero-order valence-electron chi connectivity index (χ0n) is 6.60. The van der Waals surface area contributed by atoms with Gasteiger partial charge in [0, 0.05) is 10.1 Å². The van der Waals surface area contributed by atoms with Crippen LogP contribution in [0.15, 0.2) is 18.2 Å². The maximum atomic E-state index is 5.59. The van der Waals surface area contributed by atoms with Crippen molar-refractivity contribution in [2.45, 2.75) is 19.9 Å². The van der Waals surface area contributed by atoms with E-state index in [1.807, 2.05) is 0 Å². The van der Waals surface area contributed by atoms with Gasteiger partial charge >= 0.3 is 0 Å². The Morgan fingerprint density at radius 3 is 2.64 bits per heavy atom. The third-order valence-electron chi connectivity index (χ3n) is 1.79. The lowest BCUT2D eigenvalue weighted by molar-refractivity contribution is 0.996. The molecule has 1 aromatic rings. The Labute approximate surface area is 81.1 Å². The quantitative estimate of drug-likeness (QED) is 0.812. The molecule has 0 radical (unpaired) electrons. The van der Waals surface area contributed by atoms with E-state index in [4.69, 9.17) is 5.73 Å². The molecule has 0 heterocycles. The number of nitrogens with two attached hydrogens (primary N) is 1. The number of hydrogen-bond donors (Lipinski definition) is 1. The van der Waals surface area contributed by atoms with E-state index in [2.05, 4.69) is 47.7 Å². The SMILES string of the molecule is CCc1c(I)cccc1CN. The average molecular weight is 261 g/mol. The molecule has 2 N–H and O–H groups in total. The third kappa shape index (κ3) is 1.93. The normalized spacial score (nSPS) is 10.1. The number of benzene rings is 1. The maximum Gasteiger partial charge on any atom is 0.0181 e. The van der Waals surface area contributed by atoms with Crippen molar-refractivity contribution in [2.75, 3.05) is 0 Å². The van der Waals surface area contributed by atoms with E-state index in [-0.39, 0.29) is 0 Å². The molecule has 11 heavy (non-hydrogen) atoms. The van der Waals surface area contributed by atoms with E-state index in [0.29, 0.717) is 6.54 Å². The van der Waals surface area contributed by atoms with Gasteiger partial charge in [-0.15, -0.1) is 0 Å². The molecular weight excluding hydrogens is 249 g/mol. The summed E-state index contributed by atoms with van der Waals surface area (Å²) < 4.78 is 1.33. The van der Waals surface area contributed by atoms with Crippen molar-refractivity contribution < 1.29 is 0 Å². The largest absolute Gasteiger partial charge is 0.326 e. The van der Waals surface area contributed by atoms with Crippen LogP contribution in [0.3, 0.4) is 0 Å². The van der Waals surface area contributed by atoms with E-state index < -0.39 is 0 Å². The molecule has 0 saturated carbocycles. The molecule has 1 aromatic carbocycles. The molecule has 0 aliphatic rings. The zero-order valence-corrected chi connectivity index (χ0v) is 8.76. The highest BCUT2D eigenvalue weighted by Gasteiger charge is 2.01. The van der Waals surface area contributed by atoms with Gasteiger partial charge in [-0.25, -0.2) is 0 Å². The lowest BCUT2D eigenvalue weighted by Gasteiger charge is -2.06. The summed E-state index contributed by atoms with van der Waals surface area (Å²) in [6, 6.07) is 6.28. The molecule has 0 aliphatic heterocycles. The minimum Gasteiger partial charge on any atom is -0.326 e. The Hall–Kier alpha value is -0.0900. The summed E-state index contributed by atoms with van der Waals surface area (Å²) in [7, 11) is 0. The van der Waals surface area contributed by atoms with Crippen LogP contribution in [0, 0.1) is 3.57 Å². The predicted molar refractivity (Wildman–Crippen MR) is 56.4 cm³/mol. The molecule has 0 aliphatic carbocycles. The molecule has 1 nitrogen and oxygen atoms in total. The smallest absolute Gasteiger partial charge is 0.0181 e. The van der Waals surface area contributed by atoms with Crippen LogP contribution in [0.4, 0.5) is 0 Å². The van der Waals surface area contributed by atoms with Gasteiger partial charge in [0.2, 0.25) is 0 Å². The van der Waals surface area contributed by atoms with Crippen LogP contribution in [-0.2, 0) is 13.0 Å². The predicted octanol–water partition coefficient (Wildman–Crippen LogP) is 2.31. The molecule has 0 aromatic heterocycles. The van der Waals surface area contributed by atoms with E-state index in [0.717, 1.165) is 6.42 Å². The molecule has 0 unspecified atom stereocenters. The van der Waals surface area contributed by atoms with E-state index >= 15 is 0 Å². The Balaban J connectivity index is 3.13. The van der Waals surface area contributed by atoms with Gasteiger partial charge in [-0.3, -0.25) is 0 Å². The molecule has 2 heteroatoms. The fourth-order valence-corrected chi connectivity index (χ4v) is 2.13. The maximum absolute atomic E-state index is 5.59. The Kier molecular flexibility index (Phi) is 3.33. The first-order chi connectivity index (χ1) is 5.29. The van der Waals surface area contributed by atoms with Crippen molar-refractivity contribution in [1.82, 2.24) is 0 Å². The van der Waals surface area contributed by atoms with E-state index in [1.165, 1.54) is 14.7 Å². The average Bonchev–Trinajstić information content (AvgIpc) is 2.04. The molecule has 0 spiro atoms. The van der Waals surface area contributed by atoms with Gasteiger partial charge in [-0.1, -0.05) is 19.1 Å². The van der Waals surface area contributed by atoms with Crippen LogP contribution in [0.5, 0.6) is 0 Å². The highest BCUT2D eigenvalue weighted by molar-refractivity contribution is 14.1. The summed E-state index contributed by atoms with van der Waals surface area (Å²) in [5, 5.41) is 0. The summed E-state index contributed by atoms with van der Waals surface area (Å²) in [5.41, 5.74) is 8.27. The second kappa shape index (κ2) is 4.07. The Bertz CT molecular complexity index is 245. The molecule has 0 atom stereocenters. The van der Waals surface area contributed by atoms with Crippen molar-refractivity contribution in [2.24, 2.45) is 5.73 Å². The minimum absolute atomic E-state index is 0.653. The summed E-state index contributed by atoms with van der Waals surface area (Å²) in [6.45, 7) is 2.82. The van der Waals surface area contributed by atoms with Crippen molar-refractivity contribution in [3.8, 4) is 0 Å². The van der Waals surface area contributed by atoms with Crippen LogP contribution in [0.2, 0.25) is 0 Å². The van der Waals surface area contributed by atoms with Gasteiger partial charge in [0.1, 0.15) is 0 Å². The van der Waals surface area contributed by atoms with Crippen molar-refractivity contribution >= 4 is 22.6 Å². The lowest BCUT2D eigenvalue weighted by atomic mass is 10.1. The van der Waals surface area contributed by atoms with Crippen LogP contribution >= 0.6 is 22.6 Å². The standard InChI is InChI=1S/C9H12IN/c1-2-8-7(6-11)4-3-5-9(8)10/h3-5H,2,6,11H2,1H3. The fraction of sp³-hybridized carbons (Fsp3) is 0.333. The zero-order chi connectivity index (χ0) is 8.27. The second-order valence-electron chi connectivity index (χ2n) is 2.44. The molecular formula is C9H12IN. The van der Waals surface area contributed by atoms with Gasteiger partial charge in [0.15, 0.2) is 0 Å². The monoisotopic (exact) mass is 261 g/mol. The molecule has 1 rings (SSSR count). The first kappa shape index (κ1) is 9.00. The topological polar surface area (TPSA) is 26.0 Å². The first-order valence-electron chi connectivity index (χ1n) is 3.76. The molecule has 0 bridgehead atoms. The minimum atomic E-state index is 0.653. The summed E-state index contributed by atoms with van der Waals surface area (Å²) in [6.07, 6.45) is 1.08. The van der Waals surface area contributed by atoms with Crippen LogP contribution in [0.25, 0.3) is 0 Å². The highest BCUT2D eigenvalue weighted by Crippen LogP contribution is 2.16. The van der Waals surface area contributed by atoms with E-state index in [1.54, 1.807) is 0 Å².